The Kier molecular flexibility index (Phi) is 9.29. The van der Waals surface area contributed by atoms with Gasteiger partial charge in [-0.25, -0.2) is 0 Å². The lowest BCUT2D eigenvalue weighted by Gasteiger charge is -2.14. The summed E-state index contributed by atoms with van der Waals surface area (Å²) in [4.78, 5) is 39.2. The minimum Gasteiger partial charge on any atom is -0.493 e. The third kappa shape index (κ3) is 7.07. The minimum absolute atomic E-state index is 0.147. The number of carbonyl (C=O) groups excluding carboxylic acids is 3. The van der Waals surface area contributed by atoms with Gasteiger partial charge >= 0.3 is 0 Å². The summed E-state index contributed by atoms with van der Waals surface area (Å²) in [5.74, 6) is 0.822. The molecule has 4 rings (SSSR count). The second kappa shape index (κ2) is 12.8. The minimum atomic E-state index is -0.375. The van der Waals surface area contributed by atoms with Crippen LogP contribution in [0, 0.1) is 10.5 Å². The molecule has 3 aromatic carbocycles. The van der Waals surface area contributed by atoms with Crippen molar-refractivity contribution < 1.29 is 28.6 Å². The number of nitrogens with one attached hydrogen (secondary N) is 1. The van der Waals surface area contributed by atoms with Crippen molar-refractivity contribution in [2.75, 3.05) is 32.2 Å². The molecule has 0 aromatic heterocycles. The lowest BCUT2D eigenvalue weighted by molar-refractivity contribution is -0.123. The lowest BCUT2D eigenvalue weighted by Crippen LogP contribution is -2.32. The number of amides is 3. The summed E-state index contributed by atoms with van der Waals surface area (Å²) in [7, 11) is 1.49. The van der Waals surface area contributed by atoms with Gasteiger partial charge in [0.05, 0.1) is 22.1 Å². The summed E-state index contributed by atoms with van der Waals surface area (Å²) in [5, 5.41) is 2.42. The lowest BCUT2D eigenvalue weighted by atomic mass is 10.2. The van der Waals surface area contributed by atoms with E-state index >= 15 is 0 Å². The molecule has 3 aromatic rings. The molecule has 10 heteroatoms. The number of rotatable bonds is 10. The molecule has 1 fully saturated rings. The van der Waals surface area contributed by atoms with Gasteiger partial charge in [0.1, 0.15) is 12.4 Å². The number of thioether (sulfide) groups is 1. The number of carbonyl (C=O) groups is 3. The van der Waals surface area contributed by atoms with Crippen molar-refractivity contribution in [3.63, 3.8) is 0 Å². The molecule has 1 saturated heterocycles. The summed E-state index contributed by atoms with van der Waals surface area (Å²) >= 11 is 2.96. The highest BCUT2D eigenvalue weighted by molar-refractivity contribution is 14.1. The first kappa shape index (κ1) is 27.5. The van der Waals surface area contributed by atoms with E-state index in [0.717, 1.165) is 17.3 Å². The largest absolute Gasteiger partial charge is 0.493 e. The molecule has 38 heavy (non-hydrogen) atoms. The Morgan fingerprint density at radius 2 is 1.84 bits per heavy atom. The van der Waals surface area contributed by atoms with Gasteiger partial charge in [0, 0.05) is 5.69 Å². The van der Waals surface area contributed by atoms with E-state index in [-0.39, 0.29) is 36.8 Å². The maximum Gasteiger partial charge on any atom is 0.293 e. The Morgan fingerprint density at radius 3 is 2.58 bits per heavy atom. The molecule has 0 unspecified atom stereocenters. The first-order chi connectivity index (χ1) is 18.3. The smallest absolute Gasteiger partial charge is 0.293 e. The van der Waals surface area contributed by atoms with E-state index < -0.39 is 0 Å². The van der Waals surface area contributed by atoms with E-state index in [0.29, 0.717) is 37.0 Å². The number of halogens is 1. The molecule has 3 amide bonds. The van der Waals surface area contributed by atoms with Crippen LogP contribution >= 0.6 is 34.4 Å². The average molecular weight is 644 g/mol. The zero-order chi connectivity index (χ0) is 27.1. The molecule has 1 aliphatic heterocycles. The van der Waals surface area contributed by atoms with Crippen LogP contribution < -0.4 is 19.5 Å². The van der Waals surface area contributed by atoms with Crippen molar-refractivity contribution in [2.45, 2.75) is 6.92 Å². The molecule has 1 aliphatic rings. The van der Waals surface area contributed by atoms with Gasteiger partial charge in [-0.15, -0.1) is 0 Å². The number of aryl methyl sites for hydroxylation is 1. The van der Waals surface area contributed by atoms with E-state index in [2.05, 4.69) is 27.9 Å². The molecular formula is C28H25IN2O6S. The highest BCUT2D eigenvalue weighted by Gasteiger charge is 2.35. The van der Waals surface area contributed by atoms with Gasteiger partial charge in [-0.2, -0.15) is 0 Å². The van der Waals surface area contributed by atoms with Crippen LogP contribution in [0.25, 0.3) is 6.08 Å². The van der Waals surface area contributed by atoms with Crippen LogP contribution in [0.15, 0.2) is 71.6 Å². The topological polar surface area (TPSA) is 94.2 Å². The maximum atomic E-state index is 12.9. The van der Waals surface area contributed by atoms with Crippen LogP contribution in [0.3, 0.4) is 0 Å². The third-order valence-electron chi connectivity index (χ3n) is 5.40. The molecule has 0 saturated carbocycles. The standard InChI is InChI=1S/C28H25IN2O6S/c1-18-7-6-10-21(13-18)36-12-11-31-27(33)24(38-28(31)34)16-19-14-22(29)26(23(15-19)35-2)37-17-25(32)30-20-8-4-3-5-9-20/h3-10,13-16H,11-12,17H2,1-2H3,(H,30,32)/b24-16-. The van der Waals surface area contributed by atoms with Gasteiger partial charge in [-0.05, 0) is 94.9 Å². The number of benzene rings is 3. The van der Waals surface area contributed by atoms with Crippen molar-refractivity contribution in [2.24, 2.45) is 0 Å². The molecule has 0 atom stereocenters. The first-order valence-electron chi connectivity index (χ1n) is 11.6. The van der Waals surface area contributed by atoms with Crippen LogP contribution in [0.4, 0.5) is 10.5 Å². The van der Waals surface area contributed by atoms with Crippen molar-refractivity contribution in [1.82, 2.24) is 4.90 Å². The van der Waals surface area contributed by atoms with Gasteiger partial charge in [-0.3, -0.25) is 19.3 Å². The summed E-state index contributed by atoms with van der Waals surface area (Å²) in [6.45, 7) is 2.11. The van der Waals surface area contributed by atoms with Crippen molar-refractivity contribution >= 4 is 63.2 Å². The third-order valence-corrected chi connectivity index (χ3v) is 7.11. The van der Waals surface area contributed by atoms with E-state index in [4.69, 9.17) is 14.2 Å². The van der Waals surface area contributed by atoms with E-state index in [1.54, 1.807) is 30.3 Å². The zero-order valence-corrected chi connectivity index (χ0v) is 23.7. The van der Waals surface area contributed by atoms with Crippen LogP contribution in [0.1, 0.15) is 11.1 Å². The second-order valence-electron chi connectivity index (χ2n) is 8.24. The van der Waals surface area contributed by atoms with Gasteiger partial charge < -0.3 is 19.5 Å². The van der Waals surface area contributed by atoms with E-state index in [1.165, 1.54) is 12.0 Å². The van der Waals surface area contributed by atoms with E-state index in [9.17, 15) is 14.4 Å². The summed E-state index contributed by atoms with van der Waals surface area (Å²) in [6.07, 6.45) is 1.64. The summed E-state index contributed by atoms with van der Waals surface area (Å²) < 4.78 is 17.6. The number of methoxy groups -OCH3 is 1. The molecule has 8 nitrogen and oxygen atoms in total. The SMILES string of the molecule is COc1cc(/C=C2\SC(=O)N(CCOc3cccc(C)c3)C2=O)cc(I)c1OCC(=O)Nc1ccccc1. The molecule has 0 spiro atoms. The number of anilines is 1. The Bertz CT molecular complexity index is 1380. The number of hydrogen-bond acceptors (Lipinski definition) is 7. The molecule has 0 aliphatic carbocycles. The quantitative estimate of drug-likeness (QED) is 0.222. The fourth-order valence-electron chi connectivity index (χ4n) is 3.62. The monoisotopic (exact) mass is 644 g/mol. The van der Waals surface area contributed by atoms with Gasteiger partial charge in [0.15, 0.2) is 18.1 Å². The molecule has 1 N–H and O–H groups in total. The Morgan fingerprint density at radius 1 is 1.05 bits per heavy atom. The van der Waals surface area contributed by atoms with Crippen molar-refractivity contribution in [3.8, 4) is 17.2 Å². The fourth-order valence-corrected chi connectivity index (χ4v) is 5.27. The summed E-state index contributed by atoms with van der Waals surface area (Å²) in [6, 6.07) is 20.2. The Labute approximate surface area is 238 Å². The number of para-hydroxylation sites is 1. The zero-order valence-electron chi connectivity index (χ0n) is 20.7. The second-order valence-corrected chi connectivity index (χ2v) is 10.4. The van der Waals surface area contributed by atoms with Crippen LogP contribution in [0.2, 0.25) is 0 Å². The highest BCUT2D eigenvalue weighted by Crippen LogP contribution is 2.37. The van der Waals surface area contributed by atoms with Gasteiger partial charge in [0.25, 0.3) is 17.1 Å². The molecule has 0 bridgehead atoms. The fraction of sp³-hybridized carbons (Fsp3) is 0.179. The van der Waals surface area contributed by atoms with E-state index in [1.807, 2.05) is 49.4 Å². The Balaban J connectivity index is 1.40. The van der Waals surface area contributed by atoms with Crippen molar-refractivity contribution in [1.29, 1.82) is 0 Å². The maximum absolute atomic E-state index is 12.9. The van der Waals surface area contributed by atoms with Crippen LogP contribution in [-0.4, -0.2) is 48.8 Å². The average Bonchev–Trinajstić information content (AvgIpc) is 3.15. The number of imide groups is 1. The van der Waals surface area contributed by atoms with Gasteiger partial charge in [-0.1, -0.05) is 30.3 Å². The van der Waals surface area contributed by atoms with Crippen LogP contribution in [0.5, 0.6) is 17.2 Å². The number of ether oxygens (including phenoxy) is 3. The highest BCUT2D eigenvalue weighted by atomic mass is 127. The number of hydrogen-bond donors (Lipinski definition) is 1. The van der Waals surface area contributed by atoms with Crippen molar-refractivity contribution in [3.05, 3.63) is 86.3 Å². The Hall–Kier alpha value is -3.51. The molecule has 1 heterocycles. The molecule has 196 valence electrons. The van der Waals surface area contributed by atoms with Crippen LogP contribution in [-0.2, 0) is 9.59 Å². The first-order valence-corrected chi connectivity index (χ1v) is 13.5. The molecule has 0 radical (unpaired) electrons. The summed E-state index contributed by atoms with van der Waals surface area (Å²) in [5.41, 5.74) is 2.40. The predicted octanol–water partition coefficient (Wildman–Crippen LogP) is 5.74. The normalized spacial score (nSPS) is 14.1. The number of nitrogens with zero attached hydrogens (tertiary/aromatic N) is 1. The van der Waals surface area contributed by atoms with Gasteiger partial charge in [0.2, 0.25) is 0 Å². The predicted molar refractivity (Wildman–Crippen MR) is 156 cm³/mol. The molecular weight excluding hydrogens is 619 g/mol.